The monoisotopic (exact) mass is 207 g/mol. The highest BCUT2D eigenvalue weighted by atomic mass is 16.5. The first-order valence-electron chi connectivity index (χ1n) is 5.13. The van der Waals surface area contributed by atoms with Crippen LogP contribution in [0.25, 0.3) is 0 Å². The summed E-state index contributed by atoms with van der Waals surface area (Å²) in [4.78, 5) is 11.5. The normalized spacial score (nSPS) is 10.4. The van der Waals surface area contributed by atoms with E-state index in [9.17, 15) is 4.79 Å². The molecule has 0 spiro atoms. The predicted molar refractivity (Wildman–Crippen MR) is 60.9 cm³/mol. The lowest BCUT2D eigenvalue weighted by Gasteiger charge is -2.12. The molecule has 0 fully saturated rings. The Bertz CT molecular complexity index is 359. The van der Waals surface area contributed by atoms with Gasteiger partial charge in [0.2, 0.25) is 0 Å². The quantitative estimate of drug-likeness (QED) is 0.612. The van der Waals surface area contributed by atoms with E-state index in [1.807, 2.05) is 26.0 Å². The molecule has 0 unspecified atom stereocenters. The fourth-order valence-electron chi connectivity index (χ4n) is 1.47. The third-order valence-corrected chi connectivity index (χ3v) is 2.26. The van der Waals surface area contributed by atoms with Crippen LogP contribution in [0.4, 0.5) is 5.69 Å². The summed E-state index contributed by atoms with van der Waals surface area (Å²) in [5.41, 5.74) is 7.90. The first kappa shape index (κ1) is 11.6. The minimum atomic E-state index is -0.350. The molecule has 0 aliphatic heterocycles. The van der Waals surface area contributed by atoms with Crippen LogP contribution in [0.1, 0.15) is 42.6 Å². The van der Waals surface area contributed by atoms with E-state index in [1.54, 1.807) is 13.0 Å². The van der Waals surface area contributed by atoms with Crippen molar-refractivity contribution in [3.8, 4) is 0 Å². The third kappa shape index (κ3) is 2.49. The van der Waals surface area contributed by atoms with Crippen LogP contribution in [0.5, 0.6) is 0 Å². The first-order valence-corrected chi connectivity index (χ1v) is 5.13. The van der Waals surface area contributed by atoms with Crippen molar-refractivity contribution >= 4 is 11.7 Å². The van der Waals surface area contributed by atoms with Crippen LogP contribution >= 0.6 is 0 Å². The molecule has 0 aromatic heterocycles. The summed E-state index contributed by atoms with van der Waals surface area (Å²) in [6, 6.07) is 5.46. The van der Waals surface area contributed by atoms with Crippen LogP contribution in [0.2, 0.25) is 0 Å². The molecule has 0 amide bonds. The summed E-state index contributed by atoms with van der Waals surface area (Å²) in [6.07, 6.45) is 0. The van der Waals surface area contributed by atoms with Crippen LogP contribution in [-0.2, 0) is 4.74 Å². The number of nitrogen functional groups attached to an aromatic ring is 1. The molecule has 3 heteroatoms. The Hall–Kier alpha value is -1.51. The van der Waals surface area contributed by atoms with E-state index >= 15 is 0 Å². The summed E-state index contributed by atoms with van der Waals surface area (Å²) in [7, 11) is 0. The standard InChI is InChI=1S/C12H17NO2/c1-4-15-12(14)10-7-5-6-9(8(2)3)11(10)13/h5-8H,4,13H2,1-3H3. The Morgan fingerprint density at radius 3 is 2.67 bits per heavy atom. The number of carbonyl (C=O) groups excluding carboxylic acids is 1. The van der Waals surface area contributed by atoms with Crippen LogP contribution in [0, 0.1) is 0 Å². The van der Waals surface area contributed by atoms with Gasteiger partial charge >= 0.3 is 5.97 Å². The number of hydrogen-bond donors (Lipinski definition) is 1. The molecule has 0 aliphatic carbocycles. The predicted octanol–water partition coefficient (Wildman–Crippen LogP) is 2.57. The summed E-state index contributed by atoms with van der Waals surface area (Å²) in [5.74, 6) is -0.0446. The second-order valence-corrected chi connectivity index (χ2v) is 3.68. The van der Waals surface area contributed by atoms with E-state index in [1.165, 1.54) is 0 Å². The zero-order chi connectivity index (χ0) is 11.4. The molecule has 0 radical (unpaired) electrons. The largest absolute Gasteiger partial charge is 0.462 e. The highest BCUT2D eigenvalue weighted by molar-refractivity contribution is 5.95. The summed E-state index contributed by atoms with van der Waals surface area (Å²) in [5, 5.41) is 0. The average Bonchev–Trinajstić information content (AvgIpc) is 2.17. The number of anilines is 1. The van der Waals surface area contributed by atoms with Crippen molar-refractivity contribution in [2.45, 2.75) is 26.7 Å². The SMILES string of the molecule is CCOC(=O)c1cccc(C(C)C)c1N. The van der Waals surface area contributed by atoms with Crippen molar-refractivity contribution in [1.29, 1.82) is 0 Å². The maximum atomic E-state index is 11.5. The van der Waals surface area contributed by atoms with Crippen LogP contribution in [-0.4, -0.2) is 12.6 Å². The van der Waals surface area contributed by atoms with Gasteiger partial charge < -0.3 is 10.5 Å². The number of esters is 1. The zero-order valence-electron chi connectivity index (χ0n) is 9.41. The van der Waals surface area contributed by atoms with E-state index in [4.69, 9.17) is 10.5 Å². The fraction of sp³-hybridized carbons (Fsp3) is 0.417. The number of carbonyl (C=O) groups is 1. The first-order chi connectivity index (χ1) is 7.07. The van der Waals surface area contributed by atoms with Gasteiger partial charge in [-0.15, -0.1) is 0 Å². The molecule has 0 bridgehead atoms. The second kappa shape index (κ2) is 4.82. The average molecular weight is 207 g/mol. The smallest absolute Gasteiger partial charge is 0.340 e. The van der Waals surface area contributed by atoms with E-state index in [0.29, 0.717) is 23.8 Å². The Labute approximate surface area is 90.2 Å². The van der Waals surface area contributed by atoms with Gasteiger partial charge in [-0.25, -0.2) is 4.79 Å². The van der Waals surface area contributed by atoms with Gasteiger partial charge in [0.1, 0.15) is 0 Å². The summed E-state index contributed by atoms with van der Waals surface area (Å²) < 4.78 is 4.92. The molecule has 0 aliphatic rings. The molecule has 3 nitrogen and oxygen atoms in total. The number of ether oxygens (including phenoxy) is 1. The van der Waals surface area contributed by atoms with Gasteiger partial charge in [-0.3, -0.25) is 0 Å². The number of nitrogens with two attached hydrogens (primary N) is 1. The fourth-order valence-corrected chi connectivity index (χ4v) is 1.47. The minimum Gasteiger partial charge on any atom is -0.462 e. The topological polar surface area (TPSA) is 52.3 Å². The zero-order valence-corrected chi connectivity index (χ0v) is 9.41. The number of hydrogen-bond acceptors (Lipinski definition) is 3. The van der Waals surface area contributed by atoms with Gasteiger partial charge in [-0.2, -0.15) is 0 Å². The van der Waals surface area contributed by atoms with Crippen LogP contribution < -0.4 is 5.73 Å². The van der Waals surface area contributed by atoms with Crippen LogP contribution in [0.3, 0.4) is 0 Å². The molecule has 0 atom stereocenters. The Morgan fingerprint density at radius 1 is 1.47 bits per heavy atom. The number of para-hydroxylation sites is 1. The molecule has 15 heavy (non-hydrogen) atoms. The lowest BCUT2D eigenvalue weighted by Crippen LogP contribution is -2.10. The molecule has 0 heterocycles. The van der Waals surface area contributed by atoms with Gasteiger partial charge in [0.05, 0.1) is 12.2 Å². The van der Waals surface area contributed by atoms with E-state index in [-0.39, 0.29) is 5.97 Å². The van der Waals surface area contributed by atoms with Crippen molar-refractivity contribution in [3.05, 3.63) is 29.3 Å². The summed E-state index contributed by atoms with van der Waals surface area (Å²) in [6.45, 7) is 6.23. The van der Waals surface area contributed by atoms with E-state index in [0.717, 1.165) is 5.56 Å². The van der Waals surface area contributed by atoms with E-state index < -0.39 is 0 Å². The molecule has 1 aromatic rings. The molecule has 0 saturated carbocycles. The van der Waals surface area contributed by atoms with Crippen molar-refractivity contribution in [1.82, 2.24) is 0 Å². The molecular weight excluding hydrogens is 190 g/mol. The van der Waals surface area contributed by atoms with Gasteiger partial charge in [-0.1, -0.05) is 26.0 Å². The van der Waals surface area contributed by atoms with Gasteiger partial charge in [0.25, 0.3) is 0 Å². The molecule has 2 N–H and O–H groups in total. The highest BCUT2D eigenvalue weighted by Crippen LogP contribution is 2.25. The minimum absolute atomic E-state index is 0.305. The Balaban J connectivity index is 3.09. The number of rotatable bonds is 3. The van der Waals surface area contributed by atoms with Crippen LogP contribution in [0.15, 0.2) is 18.2 Å². The molecule has 1 aromatic carbocycles. The maximum absolute atomic E-state index is 11.5. The Kier molecular flexibility index (Phi) is 3.72. The highest BCUT2D eigenvalue weighted by Gasteiger charge is 2.14. The lowest BCUT2D eigenvalue weighted by atomic mass is 9.98. The summed E-state index contributed by atoms with van der Waals surface area (Å²) >= 11 is 0. The Morgan fingerprint density at radius 2 is 2.13 bits per heavy atom. The van der Waals surface area contributed by atoms with Crippen molar-refractivity contribution < 1.29 is 9.53 Å². The molecule has 82 valence electrons. The third-order valence-electron chi connectivity index (χ3n) is 2.26. The van der Waals surface area contributed by atoms with Crippen molar-refractivity contribution in [3.63, 3.8) is 0 Å². The molecule has 0 saturated heterocycles. The van der Waals surface area contributed by atoms with Crippen molar-refractivity contribution in [2.75, 3.05) is 12.3 Å². The lowest BCUT2D eigenvalue weighted by molar-refractivity contribution is 0.0527. The van der Waals surface area contributed by atoms with Gasteiger partial charge in [0.15, 0.2) is 0 Å². The van der Waals surface area contributed by atoms with Gasteiger partial charge in [0, 0.05) is 5.69 Å². The molecular formula is C12H17NO2. The van der Waals surface area contributed by atoms with Gasteiger partial charge in [-0.05, 0) is 24.5 Å². The maximum Gasteiger partial charge on any atom is 0.340 e. The second-order valence-electron chi connectivity index (χ2n) is 3.68. The number of benzene rings is 1. The van der Waals surface area contributed by atoms with Crippen molar-refractivity contribution in [2.24, 2.45) is 0 Å². The van der Waals surface area contributed by atoms with E-state index in [2.05, 4.69) is 0 Å². The molecule has 1 rings (SSSR count).